The molecule has 0 bridgehead atoms. The van der Waals surface area contributed by atoms with Crippen LogP contribution in [0.25, 0.3) is 42.6 Å². The molecule has 3 aromatic carbocycles. The lowest BCUT2D eigenvalue weighted by molar-refractivity contribution is 0.356. The molecule has 0 radical (unpaired) electrons. The molecule has 0 atom stereocenters. The number of aromatic nitrogens is 1. The van der Waals surface area contributed by atoms with E-state index in [9.17, 15) is 8.78 Å². The zero-order chi connectivity index (χ0) is 23.1. The molecule has 0 aliphatic heterocycles. The van der Waals surface area contributed by atoms with Crippen LogP contribution in [-0.4, -0.2) is 4.98 Å². The van der Waals surface area contributed by atoms with Crippen molar-refractivity contribution < 1.29 is 8.78 Å². The third-order valence-corrected chi connectivity index (χ3v) is 8.30. The van der Waals surface area contributed by atoms with Crippen LogP contribution in [0, 0.1) is 17.6 Å². The fourth-order valence-corrected chi connectivity index (χ4v) is 6.59. The molecule has 0 amide bonds. The first kappa shape index (κ1) is 21.4. The molecule has 0 N–H and O–H groups in total. The fourth-order valence-electron chi connectivity index (χ4n) is 5.33. The Kier molecular flexibility index (Phi) is 5.62. The van der Waals surface area contributed by atoms with Gasteiger partial charge in [-0.25, -0.2) is 8.78 Å². The minimum atomic E-state index is -0.824. The zero-order valence-electron chi connectivity index (χ0n) is 18.9. The summed E-state index contributed by atoms with van der Waals surface area (Å²) in [4.78, 5) is 4.74. The van der Waals surface area contributed by atoms with E-state index >= 15 is 0 Å². The van der Waals surface area contributed by atoms with Crippen LogP contribution in [0.4, 0.5) is 8.78 Å². The van der Waals surface area contributed by atoms with Crippen LogP contribution in [-0.2, 0) is 6.42 Å². The fraction of sp³-hybridized carbons (Fsp3) is 0.233. The zero-order valence-corrected chi connectivity index (χ0v) is 19.7. The van der Waals surface area contributed by atoms with Crippen LogP contribution in [0.1, 0.15) is 37.7 Å². The highest BCUT2D eigenvalue weighted by Crippen LogP contribution is 2.41. The van der Waals surface area contributed by atoms with Crippen molar-refractivity contribution in [1.29, 1.82) is 0 Å². The second-order valence-electron chi connectivity index (χ2n) is 9.38. The highest BCUT2D eigenvalue weighted by molar-refractivity contribution is 7.26. The highest BCUT2D eigenvalue weighted by Gasteiger charge is 2.16. The Morgan fingerprint density at radius 1 is 0.794 bits per heavy atom. The summed E-state index contributed by atoms with van der Waals surface area (Å²) in [7, 11) is 0. The third kappa shape index (κ3) is 4.01. The maximum Gasteiger partial charge on any atom is 0.159 e. The molecule has 2 heterocycles. The maximum atomic E-state index is 13.8. The summed E-state index contributed by atoms with van der Waals surface area (Å²) >= 11 is 1.73. The van der Waals surface area contributed by atoms with Crippen LogP contribution < -0.4 is 0 Å². The lowest BCUT2D eigenvalue weighted by atomic mass is 9.85. The Balaban J connectivity index is 1.40. The van der Waals surface area contributed by atoms with Gasteiger partial charge in [-0.15, -0.1) is 11.3 Å². The largest absolute Gasteiger partial charge is 0.256 e. The van der Waals surface area contributed by atoms with Crippen molar-refractivity contribution in [2.45, 2.75) is 38.5 Å². The monoisotopic (exact) mass is 469 g/mol. The van der Waals surface area contributed by atoms with Crippen LogP contribution in [0.2, 0.25) is 0 Å². The van der Waals surface area contributed by atoms with Crippen LogP contribution in [0.5, 0.6) is 0 Å². The summed E-state index contributed by atoms with van der Waals surface area (Å²) in [5.41, 5.74) is 5.10. The Morgan fingerprint density at radius 3 is 2.47 bits per heavy atom. The van der Waals surface area contributed by atoms with E-state index in [0.717, 1.165) is 33.9 Å². The molecule has 0 spiro atoms. The van der Waals surface area contributed by atoms with Gasteiger partial charge in [0.05, 0.1) is 5.69 Å². The maximum absolute atomic E-state index is 13.8. The molecule has 6 rings (SSSR count). The predicted octanol–water partition coefficient (Wildman–Crippen LogP) is 9.18. The second-order valence-corrected chi connectivity index (χ2v) is 10.4. The van der Waals surface area contributed by atoms with E-state index in [1.807, 2.05) is 12.3 Å². The number of halogens is 2. The van der Waals surface area contributed by atoms with Gasteiger partial charge in [0.25, 0.3) is 0 Å². The molecule has 1 aliphatic rings. The van der Waals surface area contributed by atoms with E-state index in [-0.39, 0.29) is 0 Å². The third-order valence-electron chi connectivity index (χ3n) is 7.10. The SMILES string of the molecule is Fc1ccc(-c2ccc3c(c2)sc2c(-c4cc(CC5CCCCC5)ccn4)cccc23)cc1F. The minimum absolute atomic E-state index is 0.676. The number of pyridine rings is 1. The molecule has 1 nitrogen and oxygen atoms in total. The highest BCUT2D eigenvalue weighted by atomic mass is 32.1. The minimum Gasteiger partial charge on any atom is -0.256 e. The van der Waals surface area contributed by atoms with Crippen LogP contribution in [0.3, 0.4) is 0 Å². The van der Waals surface area contributed by atoms with Crippen molar-refractivity contribution in [2.24, 2.45) is 5.92 Å². The van der Waals surface area contributed by atoms with Crippen molar-refractivity contribution in [3.63, 3.8) is 0 Å². The summed E-state index contributed by atoms with van der Waals surface area (Å²) in [6.07, 6.45) is 9.85. The first-order chi connectivity index (χ1) is 16.7. The summed E-state index contributed by atoms with van der Waals surface area (Å²) in [6, 6.07) is 21.0. The van der Waals surface area contributed by atoms with Crippen molar-refractivity contribution in [1.82, 2.24) is 4.98 Å². The summed E-state index contributed by atoms with van der Waals surface area (Å²) in [6.45, 7) is 0. The van der Waals surface area contributed by atoms with Gasteiger partial charge in [-0.05, 0) is 59.4 Å². The Morgan fingerprint density at radius 2 is 1.62 bits per heavy atom. The summed E-state index contributed by atoms with van der Waals surface area (Å²) in [5.74, 6) is -0.858. The molecule has 5 aromatic rings. The van der Waals surface area contributed by atoms with Gasteiger partial charge in [-0.2, -0.15) is 0 Å². The summed E-state index contributed by atoms with van der Waals surface area (Å²) in [5, 5.41) is 2.38. The number of fused-ring (bicyclic) bond motifs is 3. The van der Waals surface area contributed by atoms with E-state index in [2.05, 4.69) is 42.5 Å². The second kappa shape index (κ2) is 8.92. The number of benzene rings is 3. The van der Waals surface area contributed by atoms with Gasteiger partial charge < -0.3 is 0 Å². The molecular weight excluding hydrogens is 444 g/mol. The van der Waals surface area contributed by atoms with Gasteiger partial charge >= 0.3 is 0 Å². The van der Waals surface area contributed by atoms with Gasteiger partial charge in [0, 0.05) is 31.9 Å². The number of nitrogens with zero attached hydrogens (tertiary/aromatic N) is 1. The standard InChI is InChI=1S/C30H25F2NS/c31-26-12-10-21(17-27(26)32)22-9-11-23-24-7-4-8-25(30(24)34-29(23)18-22)28-16-20(13-14-33-28)15-19-5-2-1-3-6-19/h4,7-14,16-19H,1-3,5-6,15H2. The van der Waals surface area contributed by atoms with Gasteiger partial charge in [-0.1, -0.05) is 68.5 Å². The number of hydrogen-bond acceptors (Lipinski definition) is 2. The normalized spacial score (nSPS) is 14.8. The van der Waals surface area contributed by atoms with Crippen LogP contribution >= 0.6 is 11.3 Å². The van der Waals surface area contributed by atoms with Crippen molar-refractivity contribution in [3.05, 3.63) is 90.1 Å². The first-order valence-electron chi connectivity index (χ1n) is 12.0. The van der Waals surface area contributed by atoms with E-state index in [1.54, 1.807) is 17.4 Å². The Bertz CT molecular complexity index is 1500. The molecule has 2 aromatic heterocycles. The van der Waals surface area contributed by atoms with Crippen molar-refractivity contribution in [3.8, 4) is 22.4 Å². The quantitative estimate of drug-likeness (QED) is 0.256. The Labute approximate surface area is 202 Å². The summed E-state index contributed by atoms with van der Waals surface area (Å²) < 4.78 is 29.5. The number of thiophene rings is 1. The molecule has 1 fully saturated rings. The average Bonchev–Trinajstić information content (AvgIpc) is 3.24. The lowest BCUT2D eigenvalue weighted by Crippen LogP contribution is -2.09. The van der Waals surface area contributed by atoms with Crippen molar-refractivity contribution in [2.75, 3.05) is 0 Å². The molecule has 0 unspecified atom stereocenters. The molecule has 170 valence electrons. The van der Waals surface area contributed by atoms with Gasteiger partial charge in [0.1, 0.15) is 0 Å². The molecule has 4 heteroatoms. The molecule has 1 aliphatic carbocycles. The van der Waals surface area contributed by atoms with E-state index in [1.165, 1.54) is 65.3 Å². The van der Waals surface area contributed by atoms with Gasteiger partial charge in [0.15, 0.2) is 11.6 Å². The topological polar surface area (TPSA) is 12.9 Å². The molecule has 1 saturated carbocycles. The first-order valence-corrected chi connectivity index (χ1v) is 12.8. The number of rotatable bonds is 4. The Hall–Kier alpha value is -3.11. The molecule has 0 saturated heterocycles. The predicted molar refractivity (Wildman–Crippen MR) is 138 cm³/mol. The van der Waals surface area contributed by atoms with E-state index in [0.29, 0.717) is 5.56 Å². The van der Waals surface area contributed by atoms with Crippen LogP contribution in [0.15, 0.2) is 72.9 Å². The van der Waals surface area contributed by atoms with Gasteiger partial charge in [-0.3, -0.25) is 4.98 Å². The smallest absolute Gasteiger partial charge is 0.159 e. The molecule has 34 heavy (non-hydrogen) atoms. The lowest BCUT2D eigenvalue weighted by Gasteiger charge is -2.21. The van der Waals surface area contributed by atoms with Gasteiger partial charge in [0.2, 0.25) is 0 Å². The van der Waals surface area contributed by atoms with Crippen molar-refractivity contribution >= 4 is 31.5 Å². The van der Waals surface area contributed by atoms with E-state index in [4.69, 9.17) is 4.98 Å². The number of hydrogen-bond donors (Lipinski definition) is 0. The van der Waals surface area contributed by atoms with E-state index < -0.39 is 11.6 Å². The molecular formula is C30H25F2NS. The average molecular weight is 470 g/mol.